The van der Waals surface area contributed by atoms with Gasteiger partial charge >= 0.3 is 0 Å². The van der Waals surface area contributed by atoms with Gasteiger partial charge in [-0.05, 0) is 18.1 Å². The number of benzene rings is 1. The van der Waals surface area contributed by atoms with Crippen molar-refractivity contribution in [3.8, 4) is 0 Å². The van der Waals surface area contributed by atoms with Gasteiger partial charge in [0.05, 0.1) is 0 Å². The zero-order chi connectivity index (χ0) is 12.1. The number of fused-ring (bicyclic) bond motifs is 1. The van der Waals surface area contributed by atoms with Gasteiger partial charge in [0.25, 0.3) is 0 Å². The summed E-state index contributed by atoms with van der Waals surface area (Å²) < 4.78 is 0. The summed E-state index contributed by atoms with van der Waals surface area (Å²) in [7, 11) is 0. The first-order valence-electron chi connectivity index (χ1n) is 6.16. The van der Waals surface area contributed by atoms with E-state index in [-0.39, 0.29) is 0 Å². The highest BCUT2D eigenvalue weighted by Crippen LogP contribution is 2.23. The lowest BCUT2D eigenvalue weighted by Crippen LogP contribution is -2.37. The Balaban J connectivity index is 2.25. The zero-order valence-electron chi connectivity index (χ0n) is 10.2. The molecular formula is C14H19ClN2. The van der Waals surface area contributed by atoms with Crippen LogP contribution >= 0.6 is 11.6 Å². The molecule has 0 fully saturated rings. The smallest absolute Gasteiger partial charge is 0.0415 e. The molecule has 1 aliphatic heterocycles. The van der Waals surface area contributed by atoms with E-state index in [1.165, 1.54) is 11.3 Å². The largest absolute Gasteiger partial charge is 0.366 e. The number of hydrogen-bond donors (Lipinski definition) is 1. The molecule has 17 heavy (non-hydrogen) atoms. The lowest BCUT2D eigenvalue weighted by Gasteiger charge is -2.26. The average Bonchev–Trinajstić information content (AvgIpc) is 2.56. The molecule has 1 aromatic carbocycles. The van der Waals surface area contributed by atoms with E-state index in [1.807, 2.05) is 6.08 Å². The van der Waals surface area contributed by atoms with Crippen molar-refractivity contribution in [2.45, 2.75) is 25.9 Å². The summed E-state index contributed by atoms with van der Waals surface area (Å²) >= 11 is 5.64. The van der Waals surface area contributed by atoms with Crippen LogP contribution in [0.5, 0.6) is 0 Å². The minimum atomic E-state index is 0.547. The Morgan fingerprint density at radius 3 is 3.06 bits per heavy atom. The van der Waals surface area contributed by atoms with E-state index < -0.39 is 0 Å². The van der Waals surface area contributed by atoms with E-state index in [1.54, 1.807) is 5.54 Å². The molecule has 1 N–H and O–H groups in total. The Kier molecular flexibility index (Phi) is 4.46. The molecule has 3 heteroatoms. The van der Waals surface area contributed by atoms with Crippen LogP contribution in [0.4, 0.5) is 5.69 Å². The first kappa shape index (κ1) is 12.5. The van der Waals surface area contributed by atoms with Gasteiger partial charge in [-0.3, -0.25) is 0 Å². The molecule has 0 spiro atoms. The van der Waals surface area contributed by atoms with Gasteiger partial charge in [-0.2, -0.15) is 0 Å². The molecule has 0 aromatic heterocycles. The van der Waals surface area contributed by atoms with Gasteiger partial charge in [0.2, 0.25) is 0 Å². The first-order chi connectivity index (χ1) is 8.35. The highest BCUT2D eigenvalue weighted by Gasteiger charge is 2.18. The quantitative estimate of drug-likeness (QED) is 0.887. The number of halogens is 1. The summed E-state index contributed by atoms with van der Waals surface area (Å²) in [5, 5.41) is 3.60. The van der Waals surface area contributed by atoms with Crippen LogP contribution in [0, 0.1) is 0 Å². The van der Waals surface area contributed by atoms with Crippen LogP contribution in [-0.2, 0) is 6.54 Å². The van der Waals surface area contributed by atoms with Crippen molar-refractivity contribution in [1.82, 2.24) is 5.32 Å². The zero-order valence-corrected chi connectivity index (χ0v) is 11.0. The first-order valence-corrected chi connectivity index (χ1v) is 6.60. The molecular weight excluding hydrogens is 232 g/mol. The molecule has 1 heterocycles. The minimum Gasteiger partial charge on any atom is -0.366 e. The monoisotopic (exact) mass is 250 g/mol. The fourth-order valence-corrected chi connectivity index (χ4v) is 2.35. The third kappa shape index (κ3) is 3.02. The van der Waals surface area contributed by atoms with E-state index in [0.717, 1.165) is 26.1 Å². The maximum Gasteiger partial charge on any atom is 0.0415 e. The molecule has 0 radical (unpaired) electrons. The highest BCUT2D eigenvalue weighted by molar-refractivity contribution is 6.25. The molecule has 2 nitrogen and oxygen atoms in total. The van der Waals surface area contributed by atoms with Crippen LogP contribution in [0.15, 0.2) is 35.9 Å². The van der Waals surface area contributed by atoms with E-state index in [4.69, 9.17) is 11.6 Å². The summed E-state index contributed by atoms with van der Waals surface area (Å²) in [4.78, 5) is 2.39. The summed E-state index contributed by atoms with van der Waals surface area (Å²) in [6.45, 7) is 5.09. The maximum absolute atomic E-state index is 5.64. The predicted molar refractivity (Wildman–Crippen MR) is 74.6 cm³/mol. The van der Waals surface area contributed by atoms with Gasteiger partial charge in [0.15, 0.2) is 0 Å². The van der Waals surface area contributed by atoms with Crippen molar-refractivity contribution in [3.05, 3.63) is 41.4 Å². The molecule has 1 aromatic rings. The highest BCUT2D eigenvalue weighted by atomic mass is 35.5. The lowest BCUT2D eigenvalue weighted by molar-refractivity contribution is 0.507. The van der Waals surface area contributed by atoms with Crippen LogP contribution < -0.4 is 10.2 Å². The van der Waals surface area contributed by atoms with Crippen molar-refractivity contribution >= 4 is 17.3 Å². The fraction of sp³-hybridized carbons (Fsp3) is 0.429. The Labute approximate surface area is 108 Å². The predicted octanol–water partition coefficient (Wildman–Crippen LogP) is 3.13. The summed E-state index contributed by atoms with van der Waals surface area (Å²) in [6.07, 6.45) is 3.14. The molecule has 0 aliphatic carbocycles. The van der Waals surface area contributed by atoms with E-state index in [9.17, 15) is 0 Å². The number of rotatable bonds is 3. The standard InChI is InChI=1S/C14H19ClN2/c1-2-13-11-17(9-5-8-15)14-7-4-3-6-12(14)10-16-13/h3-8,13,16H,2,9-11H2,1H3/b8-5+. The normalized spacial score (nSPS) is 20.4. The van der Waals surface area contributed by atoms with Crippen LogP contribution in [0.2, 0.25) is 0 Å². The average molecular weight is 251 g/mol. The molecule has 0 saturated carbocycles. The van der Waals surface area contributed by atoms with E-state index in [0.29, 0.717) is 6.04 Å². The topological polar surface area (TPSA) is 15.3 Å². The van der Waals surface area contributed by atoms with Crippen molar-refractivity contribution in [2.75, 3.05) is 18.0 Å². The van der Waals surface area contributed by atoms with Crippen molar-refractivity contribution in [1.29, 1.82) is 0 Å². The third-order valence-corrected chi connectivity index (χ3v) is 3.44. The molecule has 2 rings (SSSR count). The van der Waals surface area contributed by atoms with Gasteiger partial charge in [-0.1, -0.05) is 42.8 Å². The summed E-state index contributed by atoms with van der Waals surface area (Å²) in [6, 6.07) is 9.13. The van der Waals surface area contributed by atoms with E-state index >= 15 is 0 Å². The van der Waals surface area contributed by atoms with Crippen LogP contribution in [0.1, 0.15) is 18.9 Å². The SMILES string of the molecule is CCC1CN(C/C=C/Cl)c2ccccc2CN1. The lowest BCUT2D eigenvalue weighted by atomic mass is 10.1. The second-order valence-corrected chi connectivity index (χ2v) is 4.63. The minimum absolute atomic E-state index is 0.547. The molecule has 0 saturated heterocycles. The van der Waals surface area contributed by atoms with Gasteiger partial charge < -0.3 is 10.2 Å². The van der Waals surface area contributed by atoms with E-state index in [2.05, 4.69) is 41.4 Å². The van der Waals surface area contributed by atoms with Crippen molar-refractivity contribution in [3.63, 3.8) is 0 Å². The third-order valence-electron chi connectivity index (χ3n) is 3.26. The Morgan fingerprint density at radius 2 is 2.29 bits per heavy atom. The number of anilines is 1. The number of hydrogen-bond acceptors (Lipinski definition) is 2. The van der Waals surface area contributed by atoms with Crippen molar-refractivity contribution in [2.24, 2.45) is 0 Å². The van der Waals surface area contributed by atoms with Crippen molar-refractivity contribution < 1.29 is 0 Å². The Morgan fingerprint density at radius 1 is 1.47 bits per heavy atom. The van der Waals surface area contributed by atoms with Crippen LogP contribution in [-0.4, -0.2) is 19.1 Å². The molecule has 1 aliphatic rings. The number of nitrogens with zero attached hydrogens (tertiary/aromatic N) is 1. The second kappa shape index (κ2) is 6.08. The summed E-state index contributed by atoms with van der Waals surface area (Å²) in [5.74, 6) is 0. The Bertz CT molecular complexity index is 390. The molecule has 1 atom stereocenters. The maximum atomic E-state index is 5.64. The number of para-hydroxylation sites is 1. The number of nitrogens with one attached hydrogen (secondary N) is 1. The second-order valence-electron chi connectivity index (χ2n) is 4.38. The van der Waals surface area contributed by atoms with Gasteiger partial charge in [-0.15, -0.1) is 0 Å². The summed E-state index contributed by atoms with van der Waals surface area (Å²) in [5.41, 5.74) is 4.29. The van der Waals surface area contributed by atoms with Gasteiger partial charge in [0.1, 0.15) is 0 Å². The Hall–Kier alpha value is -0.990. The molecule has 0 amide bonds. The van der Waals surface area contributed by atoms with Gasteiger partial charge in [0, 0.05) is 36.9 Å². The molecule has 0 bridgehead atoms. The molecule has 1 unspecified atom stereocenters. The van der Waals surface area contributed by atoms with Crippen LogP contribution in [0.3, 0.4) is 0 Å². The fourth-order valence-electron chi connectivity index (χ4n) is 2.27. The molecule has 92 valence electrons. The van der Waals surface area contributed by atoms with Crippen LogP contribution in [0.25, 0.3) is 0 Å². The van der Waals surface area contributed by atoms with Gasteiger partial charge in [-0.25, -0.2) is 0 Å².